The first kappa shape index (κ1) is 14.5. The standard InChI is InChI=1S/C20H35N/c1-2-7-16(8-3-1)18-13-14-21(15-18)20-12-6-10-17-9-4-5-11-19(17)20/h16-20H,1-15H2. The molecule has 1 nitrogen and oxygen atoms in total. The first-order valence-corrected chi connectivity index (χ1v) is 10.2. The second-order valence-electron chi connectivity index (χ2n) is 8.65. The molecule has 4 fully saturated rings. The van der Waals surface area contributed by atoms with Gasteiger partial charge in [-0.25, -0.2) is 0 Å². The van der Waals surface area contributed by atoms with E-state index in [1.807, 2.05) is 0 Å². The van der Waals surface area contributed by atoms with Crippen LogP contribution in [0.25, 0.3) is 0 Å². The lowest BCUT2D eigenvalue weighted by Gasteiger charge is -2.45. The fourth-order valence-electron chi connectivity index (χ4n) is 6.46. The van der Waals surface area contributed by atoms with E-state index in [2.05, 4.69) is 4.90 Å². The molecule has 1 heteroatoms. The maximum atomic E-state index is 2.97. The summed E-state index contributed by atoms with van der Waals surface area (Å²) in [5, 5.41) is 0. The zero-order chi connectivity index (χ0) is 14.1. The number of nitrogens with zero attached hydrogens (tertiary/aromatic N) is 1. The summed E-state index contributed by atoms with van der Waals surface area (Å²) in [6.07, 6.45) is 20.0. The molecule has 120 valence electrons. The van der Waals surface area contributed by atoms with E-state index < -0.39 is 0 Å². The molecule has 4 aliphatic rings. The lowest BCUT2D eigenvalue weighted by atomic mass is 9.68. The summed E-state index contributed by atoms with van der Waals surface area (Å²) in [5.41, 5.74) is 0. The first-order valence-electron chi connectivity index (χ1n) is 10.2. The lowest BCUT2D eigenvalue weighted by molar-refractivity contribution is 0.0499. The molecule has 0 aromatic rings. The van der Waals surface area contributed by atoms with E-state index in [-0.39, 0.29) is 0 Å². The second kappa shape index (κ2) is 6.60. The zero-order valence-electron chi connectivity index (χ0n) is 13.9. The average Bonchev–Trinajstić information content (AvgIpc) is 3.05. The number of likely N-dealkylation sites (tertiary alicyclic amines) is 1. The summed E-state index contributed by atoms with van der Waals surface area (Å²) in [5.74, 6) is 4.34. The predicted molar refractivity (Wildman–Crippen MR) is 89.3 cm³/mol. The molecule has 21 heavy (non-hydrogen) atoms. The summed E-state index contributed by atoms with van der Waals surface area (Å²) in [4.78, 5) is 2.97. The van der Waals surface area contributed by atoms with Crippen molar-refractivity contribution in [1.29, 1.82) is 0 Å². The van der Waals surface area contributed by atoms with Gasteiger partial charge in [0.05, 0.1) is 0 Å². The van der Waals surface area contributed by atoms with Crippen molar-refractivity contribution < 1.29 is 0 Å². The van der Waals surface area contributed by atoms with Gasteiger partial charge in [-0.15, -0.1) is 0 Å². The maximum Gasteiger partial charge on any atom is 0.0126 e. The largest absolute Gasteiger partial charge is 0.300 e. The Balaban J connectivity index is 1.37. The van der Waals surface area contributed by atoms with Crippen molar-refractivity contribution in [3.63, 3.8) is 0 Å². The summed E-state index contributed by atoms with van der Waals surface area (Å²) >= 11 is 0. The molecular weight excluding hydrogens is 254 g/mol. The maximum absolute atomic E-state index is 2.97. The molecule has 1 aliphatic heterocycles. The van der Waals surface area contributed by atoms with Gasteiger partial charge < -0.3 is 0 Å². The number of rotatable bonds is 2. The minimum absolute atomic E-state index is 0.984. The van der Waals surface area contributed by atoms with Crippen LogP contribution in [0.2, 0.25) is 0 Å². The van der Waals surface area contributed by atoms with Gasteiger partial charge in [0.15, 0.2) is 0 Å². The molecule has 0 amide bonds. The van der Waals surface area contributed by atoms with Crippen LogP contribution in [-0.2, 0) is 0 Å². The van der Waals surface area contributed by atoms with Gasteiger partial charge in [0, 0.05) is 12.6 Å². The van der Waals surface area contributed by atoms with Crippen molar-refractivity contribution in [2.45, 2.75) is 89.5 Å². The Morgan fingerprint density at radius 2 is 1.24 bits per heavy atom. The molecule has 1 saturated heterocycles. The minimum atomic E-state index is 0.984. The van der Waals surface area contributed by atoms with E-state index in [4.69, 9.17) is 0 Å². The van der Waals surface area contributed by atoms with E-state index in [9.17, 15) is 0 Å². The molecule has 4 rings (SSSR count). The van der Waals surface area contributed by atoms with Crippen LogP contribution in [0.1, 0.15) is 83.5 Å². The molecule has 3 saturated carbocycles. The van der Waals surface area contributed by atoms with E-state index in [1.54, 1.807) is 32.1 Å². The normalized spacial score (nSPS) is 42.9. The zero-order valence-corrected chi connectivity index (χ0v) is 13.9. The van der Waals surface area contributed by atoms with Crippen LogP contribution in [0.15, 0.2) is 0 Å². The van der Waals surface area contributed by atoms with Gasteiger partial charge in [-0.05, 0) is 49.5 Å². The minimum Gasteiger partial charge on any atom is -0.300 e. The van der Waals surface area contributed by atoms with E-state index in [1.165, 1.54) is 64.5 Å². The highest BCUT2D eigenvalue weighted by Crippen LogP contribution is 2.44. The third kappa shape index (κ3) is 3.05. The number of hydrogen-bond donors (Lipinski definition) is 0. The molecular formula is C20H35N. The van der Waals surface area contributed by atoms with Crippen LogP contribution < -0.4 is 0 Å². The van der Waals surface area contributed by atoms with Gasteiger partial charge in [-0.1, -0.05) is 64.2 Å². The van der Waals surface area contributed by atoms with Gasteiger partial charge in [-0.2, -0.15) is 0 Å². The molecule has 0 radical (unpaired) electrons. The fourth-order valence-corrected chi connectivity index (χ4v) is 6.46. The summed E-state index contributed by atoms with van der Waals surface area (Å²) in [6.45, 7) is 2.91. The van der Waals surface area contributed by atoms with Gasteiger partial charge in [0.2, 0.25) is 0 Å². The molecule has 4 unspecified atom stereocenters. The van der Waals surface area contributed by atoms with Crippen LogP contribution in [0.4, 0.5) is 0 Å². The summed E-state index contributed by atoms with van der Waals surface area (Å²) in [6, 6.07) is 0.984. The third-order valence-corrected chi connectivity index (χ3v) is 7.58. The van der Waals surface area contributed by atoms with Crippen molar-refractivity contribution in [3.05, 3.63) is 0 Å². The first-order chi connectivity index (χ1) is 10.4. The molecule has 0 aromatic carbocycles. The van der Waals surface area contributed by atoms with Crippen molar-refractivity contribution >= 4 is 0 Å². The monoisotopic (exact) mass is 289 g/mol. The molecule has 3 aliphatic carbocycles. The predicted octanol–water partition coefficient (Wildman–Crippen LogP) is 5.25. The molecule has 0 bridgehead atoms. The number of fused-ring (bicyclic) bond motifs is 1. The van der Waals surface area contributed by atoms with Crippen LogP contribution in [0.3, 0.4) is 0 Å². The Labute approximate surface area is 131 Å². The van der Waals surface area contributed by atoms with Crippen molar-refractivity contribution in [2.75, 3.05) is 13.1 Å². The topological polar surface area (TPSA) is 3.24 Å². The smallest absolute Gasteiger partial charge is 0.0126 e. The Morgan fingerprint density at radius 3 is 2.14 bits per heavy atom. The van der Waals surface area contributed by atoms with Crippen molar-refractivity contribution in [2.24, 2.45) is 23.7 Å². The Kier molecular flexibility index (Phi) is 4.57. The van der Waals surface area contributed by atoms with Gasteiger partial charge in [0.25, 0.3) is 0 Å². The van der Waals surface area contributed by atoms with E-state index in [0.717, 1.165) is 29.7 Å². The third-order valence-electron chi connectivity index (χ3n) is 7.58. The SMILES string of the molecule is C1CCC(C2CCN(C3CCCC4CCCCC43)C2)CC1. The lowest BCUT2D eigenvalue weighted by Crippen LogP contribution is -2.46. The van der Waals surface area contributed by atoms with Crippen LogP contribution >= 0.6 is 0 Å². The molecule has 0 aromatic heterocycles. The van der Waals surface area contributed by atoms with Crippen LogP contribution in [0.5, 0.6) is 0 Å². The molecule has 1 heterocycles. The van der Waals surface area contributed by atoms with Gasteiger partial charge in [-0.3, -0.25) is 4.90 Å². The molecule has 4 atom stereocenters. The Bertz CT molecular complexity index is 331. The van der Waals surface area contributed by atoms with Crippen molar-refractivity contribution in [1.82, 2.24) is 4.90 Å². The van der Waals surface area contributed by atoms with Crippen LogP contribution in [0, 0.1) is 23.7 Å². The fraction of sp³-hybridized carbons (Fsp3) is 1.00. The molecule has 0 N–H and O–H groups in total. The highest BCUT2D eigenvalue weighted by molar-refractivity contribution is 4.94. The average molecular weight is 290 g/mol. The Hall–Kier alpha value is -0.0400. The number of hydrogen-bond acceptors (Lipinski definition) is 1. The van der Waals surface area contributed by atoms with E-state index in [0.29, 0.717) is 0 Å². The highest BCUT2D eigenvalue weighted by atomic mass is 15.2. The molecule has 0 spiro atoms. The van der Waals surface area contributed by atoms with E-state index >= 15 is 0 Å². The van der Waals surface area contributed by atoms with Crippen LogP contribution in [-0.4, -0.2) is 24.0 Å². The highest BCUT2D eigenvalue weighted by Gasteiger charge is 2.41. The van der Waals surface area contributed by atoms with Crippen molar-refractivity contribution in [3.8, 4) is 0 Å². The summed E-state index contributed by atoms with van der Waals surface area (Å²) in [7, 11) is 0. The Morgan fingerprint density at radius 1 is 0.524 bits per heavy atom. The summed E-state index contributed by atoms with van der Waals surface area (Å²) < 4.78 is 0. The second-order valence-corrected chi connectivity index (χ2v) is 8.65. The van der Waals surface area contributed by atoms with Gasteiger partial charge in [0.1, 0.15) is 0 Å². The van der Waals surface area contributed by atoms with Gasteiger partial charge >= 0.3 is 0 Å². The quantitative estimate of drug-likeness (QED) is 0.671.